The van der Waals surface area contributed by atoms with E-state index in [9.17, 15) is 19.4 Å². The van der Waals surface area contributed by atoms with E-state index in [1.165, 1.54) is 51.4 Å². The Labute approximate surface area is 387 Å². The molecule has 0 heterocycles. The Morgan fingerprint density at radius 1 is 0.556 bits per heavy atom. The summed E-state index contributed by atoms with van der Waals surface area (Å²) in [6.07, 6.45) is 65.0. The lowest BCUT2D eigenvalue weighted by Crippen LogP contribution is -2.45. The fourth-order valence-electron chi connectivity index (χ4n) is 6.35. The van der Waals surface area contributed by atoms with Crippen molar-refractivity contribution in [2.75, 3.05) is 40.9 Å². The third-order valence-electron chi connectivity index (χ3n) is 10.2. The van der Waals surface area contributed by atoms with Crippen LogP contribution >= 0.6 is 7.82 Å². The number of hydrogen-bond donors (Lipinski definition) is 3. The molecule has 0 fully saturated rings. The van der Waals surface area contributed by atoms with Crippen LogP contribution in [0, 0.1) is 0 Å². The maximum absolute atomic E-state index is 12.8. The fraction of sp³-hybridized carbons (Fsp3) is 0.648. The van der Waals surface area contributed by atoms with Crippen LogP contribution in [0.1, 0.15) is 174 Å². The number of likely N-dealkylation sites (N-methyl/N-ethyl adjacent to an activating group) is 1. The number of aliphatic hydroxyl groups is 1. The summed E-state index contributed by atoms with van der Waals surface area (Å²) in [6.45, 7) is 4.58. The molecule has 8 nitrogen and oxygen atoms in total. The number of carbonyl (C=O) groups is 1. The van der Waals surface area contributed by atoms with E-state index in [2.05, 4.69) is 116 Å². The summed E-state index contributed by atoms with van der Waals surface area (Å²) in [5.74, 6) is -0.194. The summed E-state index contributed by atoms with van der Waals surface area (Å²) < 4.78 is 23.4. The van der Waals surface area contributed by atoms with Gasteiger partial charge in [-0.25, -0.2) is 4.57 Å². The second kappa shape index (κ2) is 44.4. The maximum atomic E-state index is 12.8. The van der Waals surface area contributed by atoms with E-state index in [4.69, 9.17) is 9.05 Å². The Hall–Kier alpha value is -2.84. The lowest BCUT2D eigenvalue weighted by Gasteiger charge is -2.25. The Bertz CT molecular complexity index is 1390. The highest BCUT2D eigenvalue weighted by Gasteiger charge is 2.27. The van der Waals surface area contributed by atoms with Crippen molar-refractivity contribution < 1.29 is 32.9 Å². The summed E-state index contributed by atoms with van der Waals surface area (Å²) in [6, 6.07) is -0.852. The molecule has 9 heteroatoms. The summed E-state index contributed by atoms with van der Waals surface area (Å²) in [5.41, 5.74) is 0. The molecule has 0 aliphatic rings. The third-order valence-corrected chi connectivity index (χ3v) is 11.2. The fourth-order valence-corrected chi connectivity index (χ4v) is 7.08. The topological polar surface area (TPSA) is 105 Å². The van der Waals surface area contributed by atoms with Crippen LogP contribution in [0.2, 0.25) is 0 Å². The number of unbranched alkanes of at least 4 members (excludes halogenated alkanes) is 14. The molecule has 0 saturated carbocycles. The van der Waals surface area contributed by atoms with Crippen molar-refractivity contribution in [1.82, 2.24) is 5.32 Å². The molecule has 3 unspecified atom stereocenters. The molecular formula is C54H94N2O6P+. The van der Waals surface area contributed by atoms with Gasteiger partial charge in [0.2, 0.25) is 5.91 Å². The molecule has 0 spiro atoms. The van der Waals surface area contributed by atoms with E-state index in [0.29, 0.717) is 17.4 Å². The van der Waals surface area contributed by atoms with Crippen LogP contribution in [0.4, 0.5) is 0 Å². The molecule has 360 valence electrons. The number of allylic oxidation sites excluding steroid dienone is 17. The van der Waals surface area contributed by atoms with E-state index in [1.807, 2.05) is 27.2 Å². The number of phosphoric acid groups is 1. The van der Waals surface area contributed by atoms with E-state index < -0.39 is 20.0 Å². The van der Waals surface area contributed by atoms with Crippen molar-refractivity contribution in [3.63, 3.8) is 0 Å². The van der Waals surface area contributed by atoms with Crippen molar-refractivity contribution in [2.45, 2.75) is 187 Å². The van der Waals surface area contributed by atoms with Gasteiger partial charge >= 0.3 is 7.82 Å². The number of nitrogens with one attached hydrogen (secondary N) is 1. The lowest BCUT2D eigenvalue weighted by molar-refractivity contribution is -0.870. The average molecular weight is 898 g/mol. The maximum Gasteiger partial charge on any atom is 0.472 e. The first-order valence-corrected chi connectivity index (χ1v) is 26.3. The first-order chi connectivity index (χ1) is 30.5. The van der Waals surface area contributed by atoms with Crippen LogP contribution in [0.5, 0.6) is 0 Å². The molecule has 0 radical (unpaired) electrons. The van der Waals surface area contributed by atoms with E-state index in [0.717, 1.165) is 103 Å². The normalized spacial score (nSPS) is 15.1. The minimum Gasteiger partial charge on any atom is -0.387 e. The zero-order valence-electron chi connectivity index (χ0n) is 40.8. The number of phosphoric ester groups is 1. The van der Waals surface area contributed by atoms with Crippen molar-refractivity contribution in [2.24, 2.45) is 0 Å². The third kappa shape index (κ3) is 47.0. The van der Waals surface area contributed by atoms with Gasteiger partial charge in [0.05, 0.1) is 39.9 Å². The molecule has 0 aliphatic heterocycles. The minimum atomic E-state index is -4.33. The van der Waals surface area contributed by atoms with Crippen LogP contribution in [-0.4, -0.2) is 73.4 Å². The highest BCUT2D eigenvalue weighted by atomic mass is 31.2. The molecule has 0 aromatic heterocycles. The lowest BCUT2D eigenvalue weighted by atomic mass is 10.0. The number of rotatable bonds is 43. The van der Waals surface area contributed by atoms with Gasteiger partial charge in [0, 0.05) is 6.42 Å². The monoisotopic (exact) mass is 898 g/mol. The van der Waals surface area contributed by atoms with Gasteiger partial charge in [-0.1, -0.05) is 194 Å². The van der Waals surface area contributed by atoms with Crippen LogP contribution in [-0.2, 0) is 18.4 Å². The van der Waals surface area contributed by atoms with Gasteiger partial charge in [-0.15, -0.1) is 0 Å². The number of amides is 1. The summed E-state index contributed by atoms with van der Waals surface area (Å²) in [4.78, 5) is 23.0. The number of quaternary nitrogens is 1. The molecule has 0 aromatic carbocycles. The van der Waals surface area contributed by atoms with Crippen LogP contribution in [0.15, 0.2) is 109 Å². The largest absolute Gasteiger partial charge is 0.472 e. The molecule has 0 bridgehead atoms. The first-order valence-electron chi connectivity index (χ1n) is 24.8. The number of hydrogen-bond acceptors (Lipinski definition) is 5. The van der Waals surface area contributed by atoms with Crippen molar-refractivity contribution >= 4 is 13.7 Å². The molecule has 0 saturated heterocycles. The minimum absolute atomic E-state index is 0.0547. The summed E-state index contributed by atoms with van der Waals surface area (Å²) in [5, 5.41) is 13.7. The molecule has 0 aromatic rings. The van der Waals surface area contributed by atoms with Crippen LogP contribution in [0.25, 0.3) is 0 Å². The number of aliphatic hydroxyl groups excluding tert-OH is 1. The van der Waals surface area contributed by atoms with Gasteiger partial charge in [-0.05, 0) is 83.5 Å². The molecule has 3 atom stereocenters. The molecule has 0 rings (SSSR count). The van der Waals surface area contributed by atoms with Crippen LogP contribution < -0.4 is 5.32 Å². The summed E-state index contributed by atoms with van der Waals surface area (Å²) >= 11 is 0. The Morgan fingerprint density at radius 3 is 1.40 bits per heavy atom. The van der Waals surface area contributed by atoms with Gasteiger partial charge in [0.15, 0.2) is 0 Å². The zero-order valence-corrected chi connectivity index (χ0v) is 41.7. The van der Waals surface area contributed by atoms with E-state index in [-0.39, 0.29) is 19.1 Å². The summed E-state index contributed by atoms with van der Waals surface area (Å²) in [7, 11) is 1.55. The highest BCUT2D eigenvalue weighted by Crippen LogP contribution is 2.43. The first kappa shape index (κ1) is 60.2. The Kier molecular flexibility index (Phi) is 42.4. The number of carbonyl (C=O) groups excluding carboxylic acids is 1. The van der Waals surface area contributed by atoms with Gasteiger partial charge in [0.25, 0.3) is 0 Å². The van der Waals surface area contributed by atoms with Gasteiger partial charge < -0.3 is 19.8 Å². The van der Waals surface area contributed by atoms with E-state index >= 15 is 0 Å². The SMILES string of the molecule is CC/C=C\C/C=C\C/C=C\C/C=C\C/C=C\C/C=C\C/C=C\C/C=C\CCCCCCCCCCCCC(=O)NC(COP(=O)(O)OCC[N+](C)(C)C)C(O)/C=C/CCCCCC. The molecule has 0 aliphatic carbocycles. The molecule has 63 heavy (non-hydrogen) atoms. The molecule has 1 amide bonds. The van der Waals surface area contributed by atoms with Gasteiger partial charge in [0.1, 0.15) is 13.2 Å². The smallest absolute Gasteiger partial charge is 0.387 e. The predicted molar refractivity (Wildman–Crippen MR) is 272 cm³/mol. The van der Waals surface area contributed by atoms with Crippen LogP contribution in [0.3, 0.4) is 0 Å². The Morgan fingerprint density at radius 2 is 0.952 bits per heavy atom. The molecular weight excluding hydrogens is 804 g/mol. The number of nitrogens with zero attached hydrogens (tertiary/aromatic N) is 1. The second-order valence-corrected chi connectivity index (χ2v) is 18.9. The van der Waals surface area contributed by atoms with Crippen molar-refractivity contribution in [3.05, 3.63) is 109 Å². The molecule has 3 N–H and O–H groups in total. The zero-order chi connectivity index (χ0) is 46.4. The second-order valence-electron chi connectivity index (χ2n) is 17.5. The van der Waals surface area contributed by atoms with Crippen molar-refractivity contribution in [1.29, 1.82) is 0 Å². The quantitative estimate of drug-likeness (QED) is 0.0244. The van der Waals surface area contributed by atoms with Crippen molar-refractivity contribution in [3.8, 4) is 0 Å². The predicted octanol–water partition coefficient (Wildman–Crippen LogP) is 14.5. The standard InChI is InChI=1S/C54H93N2O6P/c1-6-8-10-12-14-15-16-17-18-19-20-21-22-23-24-25-26-27-28-29-30-31-32-33-34-35-36-37-38-39-40-41-42-44-46-48-54(58)55-52(53(57)47-45-43-13-11-9-7-2)51-62-63(59,60)61-50-49-56(3,4)5/h8,10,14-15,17-18,20-21,23-24,26-27,29-30,32-33,45,47,52-53,57H,6-7,9,11-13,16,19,22,25,28,31,34-44,46,48-51H2,1-5H3,(H-,55,58,59,60)/p+1/b10-8-,15-14-,18-17-,21-20-,24-23-,27-26-,30-29-,33-32-,47-45+. The average Bonchev–Trinajstić information content (AvgIpc) is 3.24. The van der Waals surface area contributed by atoms with E-state index in [1.54, 1.807) is 6.08 Å². The van der Waals surface area contributed by atoms with Gasteiger partial charge in [-0.3, -0.25) is 13.8 Å². The van der Waals surface area contributed by atoms with Gasteiger partial charge in [-0.2, -0.15) is 0 Å². The highest BCUT2D eigenvalue weighted by molar-refractivity contribution is 7.47. The Balaban J connectivity index is 4.00.